The van der Waals surface area contributed by atoms with Gasteiger partial charge in [0, 0.05) is 6.54 Å². The molecule has 0 aromatic heterocycles. The van der Waals surface area contributed by atoms with Crippen molar-refractivity contribution >= 4 is 16.0 Å². The fourth-order valence-corrected chi connectivity index (χ4v) is 4.13. The number of aliphatic carboxylic acids is 1. The van der Waals surface area contributed by atoms with Crippen LogP contribution in [0.25, 0.3) is 0 Å². The van der Waals surface area contributed by atoms with E-state index in [0.717, 1.165) is 4.31 Å². The van der Waals surface area contributed by atoms with Gasteiger partial charge in [0.05, 0.1) is 5.75 Å². The number of piperidine rings is 1. The molecule has 1 aromatic rings. The Morgan fingerprint density at radius 1 is 1.30 bits per heavy atom. The molecule has 20 heavy (non-hydrogen) atoms. The highest BCUT2D eigenvalue weighted by Gasteiger charge is 2.36. The fraction of sp³-hybridized carbons (Fsp3) is 0.462. The van der Waals surface area contributed by atoms with Gasteiger partial charge in [-0.2, -0.15) is 4.31 Å². The molecule has 0 radical (unpaired) electrons. The summed E-state index contributed by atoms with van der Waals surface area (Å²) in [4.78, 5) is 11.2. The Balaban J connectivity index is 2.20. The van der Waals surface area contributed by atoms with Crippen LogP contribution < -0.4 is 0 Å². The van der Waals surface area contributed by atoms with Gasteiger partial charge in [0.2, 0.25) is 10.0 Å². The number of carboxylic acids is 1. The smallest absolute Gasteiger partial charge is 0.322 e. The predicted octanol–water partition coefficient (Wildman–Crippen LogP) is 1.59. The summed E-state index contributed by atoms with van der Waals surface area (Å²) in [5, 5.41) is 9.12. The van der Waals surface area contributed by atoms with Gasteiger partial charge in [0.25, 0.3) is 0 Å². The van der Waals surface area contributed by atoms with Crippen molar-refractivity contribution in [2.75, 3.05) is 6.54 Å². The van der Waals surface area contributed by atoms with E-state index >= 15 is 0 Å². The van der Waals surface area contributed by atoms with Crippen LogP contribution in [0.4, 0.5) is 4.39 Å². The number of nitrogens with zero attached hydrogens (tertiary/aromatic N) is 1. The minimum Gasteiger partial charge on any atom is -0.480 e. The van der Waals surface area contributed by atoms with Crippen molar-refractivity contribution in [2.45, 2.75) is 31.1 Å². The van der Waals surface area contributed by atoms with E-state index < -0.39 is 27.9 Å². The Labute approximate surface area is 117 Å². The van der Waals surface area contributed by atoms with Crippen LogP contribution in [0.3, 0.4) is 0 Å². The summed E-state index contributed by atoms with van der Waals surface area (Å²) in [7, 11) is -3.71. The van der Waals surface area contributed by atoms with Crippen LogP contribution in [0.1, 0.15) is 24.8 Å². The number of hydrogen-bond acceptors (Lipinski definition) is 3. The van der Waals surface area contributed by atoms with Gasteiger partial charge in [-0.3, -0.25) is 4.79 Å². The largest absolute Gasteiger partial charge is 0.480 e. The molecule has 7 heteroatoms. The lowest BCUT2D eigenvalue weighted by Crippen LogP contribution is -2.48. The van der Waals surface area contributed by atoms with Crippen LogP contribution in [0, 0.1) is 5.82 Å². The van der Waals surface area contributed by atoms with Crippen molar-refractivity contribution in [3.05, 3.63) is 35.6 Å². The van der Waals surface area contributed by atoms with Gasteiger partial charge in [0.15, 0.2) is 0 Å². The van der Waals surface area contributed by atoms with Crippen LogP contribution in [0.15, 0.2) is 24.3 Å². The van der Waals surface area contributed by atoms with Gasteiger partial charge >= 0.3 is 5.97 Å². The van der Waals surface area contributed by atoms with Crippen LogP contribution in [0.2, 0.25) is 0 Å². The zero-order valence-corrected chi connectivity index (χ0v) is 11.6. The molecule has 5 nitrogen and oxygen atoms in total. The minimum atomic E-state index is -3.71. The third-order valence-corrected chi connectivity index (χ3v) is 5.21. The highest BCUT2D eigenvalue weighted by Crippen LogP contribution is 2.23. The first-order chi connectivity index (χ1) is 9.40. The van der Waals surface area contributed by atoms with Crippen molar-refractivity contribution in [3.63, 3.8) is 0 Å². The SMILES string of the molecule is O=C(O)[C@H]1CCCCN1S(=O)(=O)Cc1ccc(F)cc1. The predicted molar refractivity (Wildman–Crippen MR) is 71.0 cm³/mol. The molecule has 1 aliphatic heterocycles. The summed E-state index contributed by atoms with van der Waals surface area (Å²) in [6, 6.07) is 4.18. The van der Waals surface area contributed by atoms with E-state index in [1.54, 1.807) is 0 Å². The van der Waals surface area contributed by atoms with Crippen molar-refractivity contribution in [1.29, 1.82) is 0 Å². The van der Waals surface area contributed by atoms with Gasteiger partial charge in [0.1, 0.15) is 11.9 Å². The fourth-order valence-electron chi connectivity index (χ4n) is 2.36. The molecular formula is C13H16FNO4S. The minimum absolute atomic E-state index is 0.223. The van der Waals surface area contributed by atoms with Crippen molar-refractivity contribution < 1.29 is 22.7 Å². The van der Waals surface area contributed by atoms with Crippen molar-refractivity contribution in [2.24, 2.45) is 0 Å². The molecule has 0 spiro atoms. The molecule has 1 atom stereocenters. The van der Waals surface area contributed by atoms with Gasteiger partial charge in [-0.15, -0.1) is 0 Å². The lowest BCUT2D eigenvalue weighted by Gasteiger charge is -2.31. The van der Waals surface area contributed by atoms with E-state index in [4.69, 9.17) is 5.11 Å². The van der Waals surface area contributed by atoms with Gasteiger partial charge in [-0.1, -0.05) is 12.1 Å². The highest BCUT2D eigenvalue weighted by atomic mass is 32.2. The molecule has 0 aliphatic carbocycles. The average molecular weight is 301 g/mol. The van der Waals surface area contributed by atoms with Crippen molar-refractivity contribution in [3.8, 4) is 0 Å². The first-order valence-corrected chi connectivity index (χ1v) is 7.98. The van der Waals surface area contributed by atoms with E-state index in [1.807, 2.05) is 0 Å². The molecule has 1 aromatic carbocycles. The topological polar surface area (TPSA) is 74.7 Å². The third kappa shape index (κ3) is 3.34. The average Bonchev–Trinajstić information content (AvgIpc) is 2.41. The molecular weight excluding hydrogens is 285 g/mol. The monoisotopic (exact) mass is 301 g/mol. The number of sulfonamides is 1. The Hall–Kier alpha value is -1.47. The number of hydrogen-bond donors (Lipinski definition) is 1. The van der Waals surface area contributed by atoms with E-state index in [1.165, 1.54) is 24.3 Å². The molecule has 1 fully saturated rings. The maximum atomic E-state index is 12.8. The summed E-state index contributed by atoms with van der Waals surface area (Å²) < 4.78 is 38.5. The molecule has 2 rings (SSSR count). The molecule has 0 saturated carbocycles. The van der Waals surface area contributed by atoms with Crippen LogP contribution in [0.5, 0.6) is 0 Å². The molecule has 110 valence electrons. The third-order valence-electron chi connectivity index (χ3n) is 3.36. The standard InChI is InChI=1S/C13H16FNO4S/c14-11-6-4-10(5-7-11)9-20(18,19)15-8-2-1-3-12(15)13(16)17/h4-7,12H,1-3,8-9H2,(H,16,17)/t12-/m1/s1. The van der Waals surface area contributed by atoms with Crippen molar-refractivity contribution in [1.82, 2.24) is 4.31 Å². The summed E-state index contributed by atoms with van der Waals surface area (Å²) >= 11 is 0. The van der Waals surface area contributed by atoms with Gasteiger partial charge in [-0.25, -0.2) is 12.8 Å². The lowest BCUT2D eigenvalue weighted by molar-refractivity contribution is -0.142. The zero-order valence-electron chi connectivity index (χ0n) is 10.8. The summed E-state index contributed by atoms with van der Waals surface area (Å²) in [5.41, 5.74) is 0.445. The number of halogens is 1. The second-order valence-corrected chi connectivity index (χ2v) is 6.76. The summed E-state index contributed by atoms with van der Waals surface area (Å²) in [6.07, 6.45) is 1.70. The first-order valence-electron chi connectivity index (χ1n) is 6.37. The van der Waals surface area contributed by atoms with E-state index in [-0.39, 0.29) is 12.3 Å². The second-order valence-electron chi connectivity index (χ2n) is 4.84. The summed E-state index contributed by atoms with van der Waals surface area (Å²) in [6.45, 7) is 0.223. The molecule has 1 aliphatic rings. The van der Waals surface area contributed by atoms with Gasteiger partial charge < -0.3 is 5.11 Å². The number of rotatable bonds is 4. The van der Waals surface area contributed by atoms with Crippen LogP contribution in [-0.2, 0) is 20.6 Å². The maximum absolute atomic E-state index is 12.8. The van der Waals surface area contributed by atoms with E-state index in [0.29, 0.717) is 24.8 Å². The van der Waals surface area contributed by atoms with E-state index in [9.17, 15) is 17.6 Å². The number of carbonyl (C=O) groups is 1. The Morgan fingerprint density at radius 3 is 2.55 bits per heavy atom. The molecule has 1 saturated heterocycles. The molecule has 0 amide bonds. The molecule has 0 bridgehead atoms. The quantitative estimate of drug-likeness (QED) is 0.916. The Bertz CT molecular complexity index is 585. The second kappa shape index (κ2) is 5.88. The Morgan fingerprint density at radius 2 is 1.95 bits per heavy atom. The van der Waals surface area contributed by atoms with Crippen LogP contribution >= 0.6 is 0 Å². The van der Waals surface area contributed by atoms with Crippen LogP contribution in [-0.4, -0.2) is 36.4 Å². The summed E-state index contributed by atoms with van der Waals surface area (Å²) in [5.74, 6) is -1.86. The molecule has 1 heterocycles. The zero-order chi connectivity index (χ0) is 14.8. The highest BCUT2D eigenvalue weighted by molar-refractivity contribution is 7.88. The van der Waals surface area contributed by atoms with E-state index in [2.05, 4.69) is 0 Å². The lowest BCUT2D eigenvalue weighted by atomic mass is 10.1. The first kappa shape index (κ1) is 14.9. The molecule has 1 N–H and O–H groups in total. The maximum Gasteiger partial charge on any atom is 0.322 e. The number of benzene rings is 1. The van der Waals surface area contributed by atoms with Gasteiger partial charge in [-0.05, 0) is 37.0 Å². The normalized spacial score (nSPS) is 20.8. The number of carboxylic acid groups (broad SMARTS) is 1. The Kier molecular flexibility index (Phi) is 4.39. The molecule has 0 unspecified atom stereocenters.